The lowest BCUT2D eigenvalue weighted by Gasteiger charge is -2.30. The summed E-state index contributed by atoms with van der Waals surface area (Å²) >= 11 is 0. The zero-order valence-corrected chi connectivity index (χ0v) is 15.7. The molecule has 0 atom stereocenters. The average Bonchev–Trinajstić information content (AvgIpc) is 2.40. The van der Waals surface area contributed by atoms with E-state index in [0.29, 0.717) is 11.7 Å². The van der Waals surface area contributed by atoms with Crippen LogP contribution < -0.4 is 0 Å². The van der Waals surface area contributed by atoms with Gasteiger partial charge in [0.2, 0.25) is 0 Å². The van der Waals surface area contributed by atoms with Crippen LogP contribution in [0.2, 0.25) is 0 Å². The van der Waals surface area contributed by atoms with Gasteiger partial charge in [-0.1, -0.05) is 60.6 Å². The van der Waals surface area contributed by atoms with Gasteiger partial charge >= 0.3 is 0 Å². The Hall–Kier alpha value is -1.06. The van der Waals surface area contributed by atoms with E-state index in [1.54, 1.807) is 0 Å². The van der Waals surface area contributed by atoms with E-state index >= 15 is 0 Å². The van der Waals surface area contributed by atoms with Gasteiger partial charge in [0.25, 0.3) is 0 Å². The smallest absolute Gasteiger partial charge is 0.161 e. The first-order chi connectivity index (χ1) is 10.5. The molecule has 1 N–H and O–H groups in total. The van der Waals surface area contributed by atoms with Gasteiger partial charge in [-0.25, -0.2) is 0 Å². The molecular weight excluding hydrogens is 288 g/mol. The fraction of sp³-hybridized carbons (Fsp3) is 0.700. The summed E-state index contributed by atoms with van der Waals surface area (Å²) < 4.78 is 11.6. The van der Waals surface area contributed by atoms with E-state index in [0.717, 1.165) is 36.3 Å². The summed E-state index contributed by atoms with van der Waals surface area (Å²) in [6.45, 7) is 16.4. The Morgan fingerprint density at radius 2 is 1.39 bits per heavy atom. The van der Waals surface area contributed by atoms with Crippen LogP contribution in [-0.4, -0.2) is 24.6 Å². The number of benzene rings is 1. The van der Waals surface area contributed by atoms with Crippen molar-refractivity contribution in [1.29, 1.82) is 0 Å². The molecule has 0 amide bonds. The molecular formula is C20H32O3. The zero-order chi connectivity index (χ0) is 17.4. The molecule has 3 nitrogen and oxygen atoms in total. The summed E-state index contributed by atoms with van der Waals surface area (Å²) in [5.74, 6) is 0.884. The van der Waals surface area contributed by atoms with Crippen LogP contribution in [0.4, 0.5) is 0 Å². The lowest BCUT2D eigenvalue weighted by molar-refractivity contribution is -0.196. The van der Waals surface area contributed by atoms with E-state index in [2.05, 4.69) is 60.6 Å². The third kappa shape index (κ3) is 4.48. The van der Waals surface area contributed by atoms with Crippen molar-refractivity contribution < 1.29 is 14.6 Å². The van der Waals surface area contributed by atoms with E-state index in [-0.39, 0.29) is 17.1 Å². The van der Waals surface area contributed by atoms with Gasteiger partial charge in [-0.2, -0.15) is 0 Å². The van der Waals surface area contributed by atoms with Gasteiger partial charge in [-0.05, 0) is 27.5 Å². The summed E-state index contributed by atoms with van der Waals surface area (Å²) in [6, 6.07) is 4.21. The highest BCUT2D eigenvalue weighted by atomic mass is 16.7. The first-order valence-corrected chi connectivity index (χ1v) is 8.58. The number of phenolic OH excluding ortho intramolecular Hbond substituents is 1. The molecule has 1 saturated heterocycles. The Kier molecular flexibility index (Phi) is 5.12. The maximum Gasteiger partial charge on any atom is 0.161 e. The molecule has 23 heavy (non-hydrogen) atoms. The summed E-state index contributed by atoms with van der Waals surface area (Å²) in [4.78, 5) is 0. The Balaban J connectivity index is 2.36. The Morgan fingerprint density at radius 3 is 1.78 bits per heavy atom. The van der Waals surface area contributed by atoms with Crippen molar-refractivity contribution >= 4 is 0 Å². The normalized spacial score (nSPS) is 23.1. The molecule has 1 aromatic carbocycles. The monoisotopic (exact) mass is 320 g/mol. The largest absolute Gasteiger partial charge is 0.507 e. The molecule has 1 heterocycles. The quantitative estimate of drug-likeness (QED) is 0.869. The highest BCUT2D eigenvalue weighted by molar-refractivity contribution is 5.50. The predicted molar refractivity (Wildman–Crippen MR) is 94.1 cm³/mol. The Bertz CT molecular complexity index is 506. The SMILES string of the molecule is CC1COC(Cc2cc(C(C)(C)C)c(O)c(C(C)(C)C)c2)OC1. The van der Waals surface area contributed by atoms with Crippen molar-refractivity contribution in [3.8, 4) is 5.75 Å². The highest BCUT2D eigenvalue weighted by Crippen LogP contribution is 2.40. The topological polar surface area (TPSA) is 38.7 Å². The minimum Gasteiger partial charge on any atom is -0.507 e. The maximum absolute atomic E-state index is 10.8. The van der Waals surface area contributed by atoms with Gasteiger partial charge in [0.1, 0.15) is 5.75 Å². The molecule has 0 radical (unpaired) electrons. The molecule has 3 heteroatoms. The maximum atomic E-state index is 10.8. The van der Waals surface area contributed by atoms with Gasteiger partial charge < -0.3 is 14.6 Å². The number of phenols is 1. The van der Waals surface area contributed by atoms with Gasteiger partial charge in [0, 0.05) is 12.3 Å². The minimum absolute atomic E-state index is 0.108. The second-order valence-electron chi connectivity index (χ2n) is 8.95. The van der Waals surface area contributed by atoms with Crippen LogP contribution in [0.1, 0.15) is 65.2 Å². The van der Waals surface area contributed by atoms with Crippen LogP contribution in [-0.2, 0) is 26.7 Å². The molecule has 0 aliphatic carbocycles. The van der Waals surface area contributed by atoms with E-state index in [1.807, 2.05) is 0 Å². The fourth-order valence-electron chi connectivity index (χ4n) is 2.91. The second-order valence-corrected chi connectivity index (χ2v) is 8.95. The predicted octanol–water partition coefficient (Wildman–Crippen LogP) is 4.54. The van der Waals surface area contributed by atoms with E-state index in [1.165, 1.54) is 0 Å². The summed E-state index contributed by atoms with van der Waals surface area (Å²) in [5, 5.41) is 10.8. The molecule has 0 spiro atoms. The third-order valence-electron chi connectivity index (χ3n) is 4.32. The van der Waals surface area contributed by atoms with Gasteiger partial charge in [-0.15, -0.1) is 0 Å². The Labute approximate surface area is 141 Å². The summed E-state index contributed by atoms with van der Waals surface area (Å²) in [7, 11) is 0. The van der Waals surface area contributed by atoms with Crippen LogP contribution in [0.3, 0.4) is 0 Å². The standard InChI is InChI=1S/C20H32O3/c1-13-11-22-17(23-12-13)10-14-8-15(19(2,3)4)18(21)16(9-14)20(5,6)7/h8-9,13,17,21H,10-12H2,1-7H3. The zero-order valence-electron chi connectivity index (χ0n) is 15.7. The molecule has 0 saturated carbocycles. The van der Waals surface area contributed by atoms with Crippen LogP contribution >= 0.6 is 0 Å². The molecule has 1 aromatic rings. The van der Waals surface area contributed by atoms with Crippen LogP contribution in [0.15, 0.2) is 12.1 Å². The second kappa shape index (κ2) is 6.45. The molecule has 1 aliphatic rings. The van der Waals surface area contributed by atoms with Gasteiger partial charge in [-0.3, -0.25) is 0 Å². The van der Waals surface area contributed by atoms with Crippen molar-refractivity contribution in [2.45, 2.75) is 72.0 Å². The lowest BCUT2D eigenvalue weighted by atomic mass is 9.78. The molecule has 2 rings (SSSR count). The third-order valence-corrected chi connectivity index (χ3v) is 4.32. The van der Waals surface area contributed by atoms with Crippen molar-refractivity contribution in [3.63, 3.8) is 0 Å². The molecule has 1 aliphatic heterocycles. The van der Waals surface area contributed by atoms with Crippen LogP contribution in [0.25, 0.3) is 0 Å². The molecule has 130 valence electrons. The van der Waals surface area contributed by atoms with E-state index in [9.17, 15) is 5.11 Å². The first kappa shape index (κ1) is 18.3. The van der Waals surface area contributed by atoms with Crippen molar-refractivity contribution in [1.82, 2.24) is 0 Å². The van der Waals surface area contributed by atoms with Crippen molar-refractivity contribution in [3.05, 3.63) is 28.8 Å². The van der Waals surface area contributed by atoms with Crippen LogP contribution in [0.5, 0.6) is 5.75 Å². The summed E-state index contributed by atoms with van der Waals surface area (Å²) in [5.41, 5.74) is 2.93. The van der Waals surface area contributed by atoms with Gasteiger partial charge in [0.05, 0.1) is 13.2 Å². The first-order valence-electron chi connectivity index (χ1n) is 8.58. The molecule has 0 unspecified atom stereocenters. The summed E-state index contributed by atoms with van der Waals surface area (Å²) in [6.07, 6.45) is 0.537. The number of aromatic hydroxyl groups is 1. The minimum atomic E-state index is -0.184. The Morgan fingerprint density at radius 1 is 0.957 bits per heavy atom. The highest BCUT2D eigenvalue weighted by Gasteiger charge is 2.28. The van der Waals surface area contributed by atoms with Crippen molar-refractivity contribution in [2.75, 3.05) is 13.2 Å². The number of hydrogen-bond acceptors (Lipinski definition) is 3. The van der Waals surface area contributed by atoms with Crippen LogP contribution in [0, 0.1) is 5.92 Å². The fourth-order valence-corrected chi connectivity index (χ4v) is 2.91. The molecule has 0 bridgehead atoms. The van der Waals surface area contributed by atoms with Gasteiger partial charge in [0.15, 0.2) is 6.29 Å². The number of ether oxygens (including phenoxy) is 2. The number of rotatable bonds is 2. The molecule has 1 fully saturated rings. The lowest BCUT2D eigenvalue weighted by Crippen LogP contribution is -2.32. The van der Waals surface area contributed by atoms with E-state index < -0.39 is 0 Å². The van der Waals surface area contributed by atoms with Crippen molar-refractivity contribution in [2.24, 2.45) is 5.92 Å². The average molecular weight is 320 g/mol. The molecule has 0 aromatic heterocycles. The number of hydrogen-bond donors (Lipinski definition) is 1. The van der Waals surface area contributed by atoms with E-state index in [4.69, 9.17) is 9.47 Å².